The van der Waals surface area contributed by atoms with E-state index in [1.807, 2.05) is 6.92 Å². The molecular formula is C10H11Cl3N2O. The fraction of sp³-hybridized carbons (Fsp3) is 0.300. The monoisotopic (exact) mass is 280 g/mol. The summed E-state index contributed by atoms with van der Waals surface area (Å²) in [6, 6.07) is 2.42. The molecule has 0 radical (unpaired) electrons. The van der Waals surface area contributed by atoms with Gasteiger partial charge in [-0.05, 0) is 18.6 Å². The van der Waals surface area contributed by atoms with Gasteiger partial charge in [0.15, 0.2) is 0 Å². The first-order valence-electron chi connectivity index (χ1n) is 4.66. The summed E-state index contributed by atoms with van der Waals surface area (Å²) in [6.45, 7) is 1.81. The summed E-state index contributed by atoms with van der Waals surface area (Å²) in [7, 11) is 0. The molecule has 0 spiro atoms. The lowest BCUT2D eigenvalue weighted by Gasteiger charge is -2.12. The first-order chi connectivity index (χ1) is 7.45. The van der Waals surface area contributed by atoms with Gasteiger partial charge in [0.1, 0.15) is 0 Å². The number of anilines is 1. The third-order valence-electron chi connectivity index (χ3n) is 2.03. The number of hydrogen-bond acceptors (Lipinski definition) is 2. The van der Waals surface area contributed by atoms with Crippen molar-refractivity contribution >= 4 is 46.4 Å². The molecule has 1 unspecified atom stereocenters. The van der Waals surface area contributed by atoms with Gasteiger partial charge in [-0.25, -0.2) is 0 Å². The maximum Gasteiger partial charge on any atom is 0.241 e. The van der Waals surface area contributed by atoms with Crippen molar-refractivity contribution in [3.05, 3.63) is 27.2 Å². The number of benzene rings is 1. The zero-order chi connectivity index (χ0) is 12.3. The van der Waals surface area contributed by atoms with Gasteiger partial charge >= 0.3 is 0 Å². The van der Waals surface area contributed by atoms with Crippen LogP contribution in [0.4, 0.5) is 5.69 Å². The first-order valence-corrected chi connectivity index (χ1v) is 5.80. The van der Waals surface area contributed by atoms with Crippen molar-refractivity contribution in [2.45, 2.75) is 19.4 Å². The Balaban J connectivity index is 2.93. The van der Waals surface area contributed by atoms with Crippen LogP contribution in [-0.2, 0) is 4.79 Å². The second-order valence-electron chi connectivity index (χ2n) is 3.25. The molecule has 3 N–H and O–H groups in total. The van der Waals surface area contributed by atoms with Gasteiger partial charge in [0.05, 0.1) is 21.8 Å². The minimum absolute atomic E-state index is 0.286. The maximum atomic E-state index is 11.5. The van der Waals surface area contributed by atoms with Crippen LogP contribution < -0.4 is 11.1 Å². The van der Waals surface area contributed by atoms with Gasteiger partial charge in [0.25, 0.3) is 0 Å². The topological polar surface area (TPSA) is 55.1 Å². The Hall–Kier alpha value is -0.480. The molecule has 6 heteroatoms. The van der Waals surface area contributed by atoms with Crippen LogP contribution in [0.25, 0.3) is 0 Å². The second kappa shape index (κ2) is 5.73. The molecule has 3 nitrogen and oxygen atoms in total. The average Bonchev–Trinajstić information content (AvgIpc) is 2.21. The largest absolute Gasteiger partial charge is 0.322 e. The molecule has 0 aliphatic rings. The van der Waals surface area contributed by atoms with E-state index in [2.05, 4.69) is 5.32 Å². The van der Waals surface area contributed by atoms with Crippen molar-refractivity contribution in [1.82, 2.24) is 0 Å². The van der Waals surface area contributed by atoms with E-state index in [1.165, 1.54) is 12.1 Å². The molecule has 0 aliphatic carbocycles. The summed E-state index contributed by atoms with van der Waals surface area (Å²) in [6.07, 6.45) is 0.536. The number of carbonyl (C=O) groups excluding carboxylic acids is 1. The molecule has 1 atom stereocenters. The van der Waals surface area contributed by atoms with Gasteiger partial charge in [0, 0.05) is 5.02 Å². The maximum absolute atomic E-state index is 11.5. The zero-order valence-corrected chi connectivity index (χ0v) is 10.8. The molecular weight excluding hydrogens is 270 g/mol. The lowest BCUT2D eigenvalue weighted by Crippen LogP contribution is -2.34. The van der Waals surface area contributed by atoms with Crippen LogP contribution in [0.15, 0.2) is 12.1 Å². The molecule has 1 amide bonds. The normalized spacial score (nSPS) is 12.3. The number of halogens is 3. The number of nitrogens with two attached hydrogens (primary N) is 1. The summed E-state index contributed by atoms with van der Waals surface area (Å²) in [5.41, 5.74) is 5.90. The Morgan fingerprint density at radius 3 is 2.31 bits per heavy atom. The minimum Gasteiger partial charge on any atom is -0.322 e. The zero-order valence-electron chi connectivity index (χ0n) is 8.56. The Bertz CT molecular complexity index is 386. The van der Waals surface area contributed by atoms with E-state index in [0.717, 1.165) is 0 Å². The van der Waals surface area contributed by atoms with Crippen molar-refractivity contribution in [3.63, 3.8) is 0 Å². The van der Waals surface area contributed by atoms with Gasteiger partial charge in [-0.3, -0.25) is 4.79 Å². The van der Waals surface area contributed by atoms with Crippen molar-refractivity contribution in [1.29, 1.82) is 0 Å². The standard InChI is InChI=1S/C10H11Cl3N2O/c1-2-8(14)10(16)15-9-6(12)3-5(11)4-7(9)13/h3-4,8H,2,14H2,1H3,(H,15,16). The Labute approximate surface area is 109 Å². The average molecular weight is 282 g/mol. The molecule has 16 heavy (non-hydrogen) atoms. The Kier molecular flexibility index (Phi) is 4.87. The van der Waals surface area contributed by atoms with Crippen LogP contribution in [-0.4, -0.2) is 11.9 Å². The highest BCUT2D eigenvalue weighted by Crippen LogP contribution is 2.33. The number of carbonyl (C=O) groups is 1. The van der Waals surface area contributed by atoms with Gasteiger partial charge in [0.2, 0.25) is 5.91 Å². The SMILES string of the molecule is CCC(N)C(=O)Nc1c(Cl)cc(Cl)cc1Cl. The summed E-state index contributed by atoms with van der Waals surface area (Å²) < 4.78 is 0. The number of rotatable bonds is 3. The third kappa shape index (κ3) is 3.25. The highest BCUT2D eigenvalue weighted by Gasteiger charge is 2.15. The number of hydrogen-bond donors (Lipinski definition) is 2. The molecule has 0 aliphatic heterocycles. The van der Waals surface area contributed by atoms with Crippen LogP contribution in [0.5, 0.6) is 0 Å². The smallest absolute Gasteiger partial charge is 0.241 e. The van der Waals surface area contributed by atoms with Crippen molar-refractivity contribution < 1.29 is 4.79 Å². The fourth-order valence-corrected chi connectivity index (χ4v) is 1.97. The van der Waals surface area contributed by atoms with Crippen molar-refractivity contribution in [2.24, 2.45) is 5.73 Å². The van der Waals surface area contributed by atoms with E-state index < -0.39 is 6.04 Å². The molecule has 88 valence electrons. The van der Waals surface area contributed by atoms with E-state index in [0.29, 0.717) is 17.1 Å². The number of nitrogens with one attached hydrogen (secondary N) is 1. The van der Waals surface area contributed by atoms with Gasteiger partial charge in [-0.1, -0.05) is 41.7 Å². The van der Waals surface area contributed by atoms with Crippen molar-refractivity contribution in [2.75, 3.05) is 5.32 Å². The first kappa shape index (κ1) is 13.6. The molecule has 1 aromatic carbocycles. The quantitative estimate of drug-likeness (QED) is 0.893. The highest BCUT2D eigenvalue weighted by atomic mass is 35.5. The molecule has 0 bridgehead atoms. The Morgan fingerprint density at radius 1 is 1.38 bits per heavy atom. The number of amides is 1. The van der Waals surface area contributed by atoms with Crippen molar-refractivity contribution in [3.8, 4) is 0 Å². The lowest BCUT2D eigenvalue weighted by atomic mass is 10.2. The van der Waals surface area contributed by atoms with E-state index in [-0.39, 0.29) is 16.0 Å². The summed E-state index contributed by atoms with van der Waals surface area (Å²) in [5, 5.41) is 3.55. The highest BCUT2D eigenvalue weighted by molar-refractivity contribution is 6.42. The Morgan fingerprint density at radius 2 is 1.88 bits per heavy atom. The predicted molar refractivity (Wildman–Crippen MR) is 68.4 cm³/mol. The molecule has 1 rings (SSSR count). The van der Waals surface area contributed by atoms with Gasteiger partial charge < -0.3 is 11.1 Å². The van der Waals surface area contributed by atoms with Crippen LogP contribution in [0, 0.1) is 0 Å². The third-order valence-corrected chi connectivity index (χ3v) is 2.85. The fourth-order valence-electron chi connectivity index (χ4n) is 1.06. The molecule has 0 heterocycles. The molecule has 0 saturated heterocycles. The van der Waals surface area contributed by atoms with E-state index in [4.69, 9.17) is 40.5 Å². The van der Waals surface area contributed by atoms with Crippen LogP contribution in [0.2, 0.25) is 15.1 Å². The van der Waals surface area contributed by atoms with Crippen LogP contribution >= 0.6 is 34.8 Å². The second-order valence-corrected chi connectivity index (χ2v) is 4.50. The summed E-state index contributed by atoms with van der Waals surface area (Å²) in [5.74, 6) is -0.325. The minimum atomic E-state index is -0.581. The van der Waals surface area contributed by atoms with E-state index >= 15 is 0 Å². The van der Waals surface area contributed by atoms with Crippen LogP contribution in [0.3, 0.4) is 0 Å². The molecule has 0 saturated carbocycles. The summed E-state index contributed by atoms with van der Waals surface area (Å²) in [4.78, 5) is 11.5. The van der Waals surface area contributed by atoms with Gasteiger partial charge in [-0.2, -0.15) is 0 Å². The lowest BCUT2D eigenvalue weighted by molar-refractivity contribution is -0.117. The van der Waals surface area contributed by atoms with E-state index in [9.17, 15) is 4.79 Å². The van der Waals surface area contributed by atoms with Gasteiger partial charge in [-0.15, -0.1) is 0 Å². The van der Waals surface area contributed by atoms with E-state index in [1.54, 1.807) is 0 Å². The molecule has 0 fully saturated rings. The summed E-state index contributed by atoms with van der Waals surface area (Å²) >= 11 is 17.5. The van der Waals surface area contributed by atoms with Crippen LogP contribution in [0.1, 0.15) is 13.3 Å². The molecule has 0 aromatic heterocycles. The predicted octanol–water partition coefficient (Wildman–Crippen LogP) is 3.32. The molecule has 1 aromatic rings.